The highest BCUT2D eigenvalue weighted by Gasteiger charge is 2.29. The molecule has 0 aromatic carbocycles. The average Bonchev–Trinajstić information content (AvgIpc) is 2.72. The van der Waals surface area contributed by atoms with Gasteiger partial charge in [-0.1, -0.05) is 6.42 Å². The Balaban J connectivity index is 2.36. The summed E-state index contributed by atoms with van der Waals surface area (Å²) in [5.41, 5.74) is -0.0994. The van der Waals surface area contributed by atoms with Gasteiger partial charge in [0.05, 0.1) is 0 Å². The Bertz CT molecular complexity index is 503. The van der Waals surface area contributed by atoms with Gasteiger partial charge >= 0.3 is 5.69 Å². The van der Waals surface area contributed by atoms with Gasteiger partial charge in [0.15, 0.2) is 0 Å². The predicted molar refractivity (Wildman–Crippen MR) is 64.1 cm³/mol. The third kappa shape index (κ3) is 2.34. The second kappa shape index (κ2) is 4.87. The van der Waals surface area contributed by atoms with E-state index in [1.165, 1.54) is 0 Å². The molecule has 2 atom stereocenters. The maximum absolute atomic E-state index is 11.8. The summed E-state index contributed by atoms with van der Waals surface area (Å²) in [7, 11) is 0. The monoisotopic (exact) mass is 238 g/mol. The average molecular weight is 238 g/mol. The Hall–Kier alpha value is -1.36. The molecule has 1 heterocycles. The van der Waals surface area contributed by atoms with Crippen LogP contribution < -0.4 is 11.2 Å². The molecule has 1 aliphatic rings. The quantitative estimate of drug-likeness (QED) is 0.808. The van der Waals surface area contributed by atoms with Gasteiger partial charge in [-0.3, -0.25) is 14.3 Å². The minimum absolute atomic E-state index is 0.116. The highest BCUT2D eigenvalue weighted by molar-refractivity contribution is 5.02. The number of nitrogens with zero attached hydrogens (tertiary/aromatic N) is 1. The molecule has 0 saturated heterocycles. The molecule has 0 bridgehead atoms. The highest BCUT2D eigenvalue weighted by Crippen LogP contribution is 2.36. The number of aryl methyl sites for hydroxylation is 1. The molecule has 2 N–H and O–H groups in total. The molecule has 0 aliphatic heterocycles. The topological polar surface area (TPSA) is 75.1 Å². The summed E-state index contributed by atoms with van der Waals surface area (Å²) >= 11 is 0. The van der Waals surface area contributed by atoms with Crippen LogP contribution in [0.3, 0.4) is 0 Å². The molecule has 17 heavy (non-hydrogen) atoms. The standard InChI is InChI=1S/C12H18N2O3/c1-8-7-14(12(17)13-11(8)16)10-4-2-3-9(10)5-6-15/h7,9-10,15H,2-6H2,1H3,(H,13,16,17)/t9-,10+/m1/s1. The first kappa shape index (κ1) is 12.1. The molecule has 94 valence electrons. The lowest BCUT2D eigenvalue weighted by atomic mass is 10.00. The Morgan fingerprint density at radius 3 is 2.94 bits per heavy atom. The van der Waals surface area contributed by atoms with Gasteiger partial charge in [-0.05, 0) is 32.1 Å². The van der Waals surface area contributed by atoms with E-state index in [9.17, 15) is 9.59 Å². The van der Waals surface area contributed by atoms with Crippen molar-refractivity contribution in [2.24, 2.45) is 5.92 Å². The fourth-order valence-electron chi connectivity index (χ4n) is 2.72. The summed E-state index contributed by atoms with van der Waals surface area (Å²) < 4.78 is 1.63. The van der Waals surface area contributed by atoms with E-state index in [1.807, 2.05) is 0 Å². The van der Waals surface area contributed by atoms with Crippen LogP contribution in [0.1, 0.15) is 37.3 Å². The van der Waals surface area contributed by atoms with Crippen molar-refractivity contribution in [2.75, 3.05) is 6.61 Å². The van der Waals surface area contributed by atoms with E-state index in [1.54, 1.807) is 17.7 Å². The van der Waals surface area contributed by atoms with E-state index in [-0.39, 0.29) is 23.9 Å². The number of aromatic amines is 1. The number of aromatic nitrogens is 2. The Morgan fingerprint density at radius 1 is 1.47 bits per heavy atom. The number of aliphatic hydroxyl groups excluding tert-OH is 1. The van der Waals surface area contributed by atoms with Crippen molar-refractivity contribution in [1.82, 2.24) is 9.55 Å². The zero-order valence-corrected chi connectivity index (χ0v) is 9.98. The zero-order chi connectivity index (χ0) is 12.4. The van der Waals surface area contributed by atoms with Crippen LogP contribution >= 0.6 is 0 Å². The number of aliphatic hydroxyl groups is 1. The van der Waals surface area contributed by atoms with Crippen molar-refractivity contribution in [3.05, 3.63) is 32.6 Å². The predicted octanol–water partition coefficient (Wildman–Crippen LogP) is 0.569. The van der Waals surface area contributed by atoms with Gasteiger partial charge in [-0.25, -0.2) is 4.79 Å². The molecule has 0 spiro atoms. The molecule has 0 radical (unpaired) electrons. The van der Waals surface area contributed by atoms with E-state index >= 15 is 0 Å². The van der Waals surface area contributed by atoms with Gasteiger partial charge in [0, 0.05) is 24.4 Å². The largest absolute Gasteiger partial charge is 0.396 e. The first-order chi connectivity index (χ1) is 8.13. The molecular formula is C12H18N2O3. The van der Waals surface area contributed by atoms with Crippen LogP contribution in [0.4, 0.5) is 0 Å². The molecule has 1 aromatic heterocycles. The number of rotatable bonds is 3. The van der Waals surface area contributed by atoms with Gasteiger partial charge in [0.25, 0.3) is 5.56 Å². The summed E-state index contributed by atoms with van der Waals surface area (Å²) in [5.74, 6) is 0.336. The number of hydrogen-bond donors (Lipinski definition) is 2. The minimum Gasteiger partial charge on any atom is -0.396 e. The van der Waals surface area contributed by atoms with Crippen LogP contribution in [0.25, 0.3) is 0 Å². The smallest absolute Gasteiger partial charge is 0.328 e. The fourth-order valence-corrected chi connectivity index (χ4v) is 2.72. The second-order valence-electron chi connectivity index (χ2n) is 4.75. The molecule has 0 unspecified atom stereocenters. The summed E-state index contributed by atoms with van der Waals surface area (Å²) in [6.45, 7) is 1.85. The third-order valence-electron chi connectivity index (χ3n) is 3.62. The first-order valence-corrected chi connectivity index (χ1v) is 6.06. The Labute approximate surface area is 99.1 Å². The lowest BCUT2D eigenvalue weighted by Crippen LogP contribution is -2.34. The van der Waals surface area contributed by atoms with Crippen molar-refractivity contribution in [1.29, 1.82) is 0 Å². The number of H-pyrrole nitrogens is 1. The molecule has 2 rings (SSSR count). The second-order valence-corrected chi connectivity index (χ2v) is 4.75. The van der Waals surface area contributed by atoms with E-state index in [0.29, 0.717) is 11.5 Å². The number of nitrogens with one attached hydrogen (secondary N) is 1. The van der Waals surface area contributed by atoms with E-state index in [0.717, 1.165) is 25.7 Å². The van der Waals surface area contributed by atoms with Crippen LogP contribution in [0.5, 0.6) is 0 Å². The van der Waals surface area contributed by atoms with Crippen molar-refractivity contribution in [3.8, 4) is 0 Å². The SMILES string of the molecule is Cc1cn([C@H]2CCC[C@@H]2CCO)c(=O)[nH]c1=O. The van der Waals surface area contributed by atoms with Crippen LogP contribution in [-0.4, -0.2) is 21.3 Å². The van der Waals surface area contributed by atoms with Gasteiger partial charge in [-0.15, -0.1) is 0 Å². The van der Waals surface area contributed by atoms with Crippen LogP contribution in [0.2, 0.25) is 0 Å². The Morgan fingerprint density at radius 2 is 2.24 bits per heavy atom. The van der Waals surface area contributed by atoms with E-state index in [4.69, 9.17) is 5.11 Å². The number of hydrogen-bond acceptors (Lipinski definition) is 3. The Kier molecular flexibility index (Phi) is 3.47. The van der Waals surface area contributed by atoms with Gasteiger partial charge in [-0.2, -0.15) is 0 Å². The lowest BCUT2D eigenvalue weighted by Gasteiger charge is -2.21. The summed E-state index contributed by atoms with van der Waals surface area (Å²) in [5, 5.41) is 9.01. The molecule has 0 amide bonds. The van der Waals surface area contributed by atoms with Gasteiger partial charge in [0.2, 0.25) is 0 Å². The van der Waals surface area contributed by atoms with Crippen molar-refractivity contribution < 1.29 is 5.11 Å². The normalized spacial score (nSPS) is 24.1. The summed E-state index contributed by atoms with van der Waals surface area (Å²) in [4.78, 5) is 25.4. The molecule has 1 aliphatic carbocycles. The first-order valence-electron chi connectivity index (χ1n) is 6.06. The summed E-state index contributed by atoms with van der Waals surface area (Å²) in [6.07, 6.45) is 5.41. The maximum atomic E-state index is 11.8. The highest BCUT2D eigenvalue weighted by atomic mass is 16.3. The van der Waals surface area contributed by atoms with E-state index in [2.05, 4.69) is 4.98 Å². The molecule has 5 nitrogen and oxygen atoms in total. The van der Waals surface area contributed by atoms with Crippen molar-refractivity contribution in [3.63, 3.8) is 0 Å². The van der Waals surface area contributed by atoms with Crippen molar-refractivity contribution >= 4 is 0 Å². The maximum Gasteiger partial charge on any atom is 0.328 e. The van der Waals surface area contributed by atoms with Gasteiger partial charge in [0.1, 0.15) is 0 Å². The van der Waals surface area contributed by atoms with Crippen LogP contribution in [0, 0.1) is 12.8 Å². The van der Waals surface area contributed by atoms with E-state index < -0.39 is 0 Å². The van der Waals surface area contributed by atoms with Gasteiger partial charge < -0.3 is 5.11 Å². The zero-order valence-electron chi connectivity index (χ0n) is 9.98. The minimum atomic E-state index is -0.338. The molecule has 1 saturated carbocycles. The summed E-state index contributed by atoms with van der Waals surface area (Å²) in [6, 6.07) is 0.116. The van der Waals surface area contributed by atoms with Crippen LogP contribution in [0.15, 0.2) is 15.8 Å². The van der Waals surface area contributed by atoms with Crippen LogP contribution in [-0.2, 0) is 0 Å². The third-order valence-corrected chi connectivity index (χ3v) is 3.62. The molecular weight excluding hydrogens is 220 g/mol. The van der Waals surface area contributed by atoms with Crippen molar-refractivity contribution in [2.45, 2.75) is 38.6 Å². The molecule has 1 fully saturated rings. The molecule has 1 aromatic rings. The molecule has 5 heteroatoms. The lowest BCUT2D eigenvalue weighted by molar-refractivity contribution is 0.232. The fraction of sp³-hybridized carbons (Fsp3) is 0.667.